The normalized spacial score (nSPS) is 14.5. The van der Waals surface area contributed by atoms with Crippen molar-refractivity contribution in [2.75, 3.05) is 18.0 Å². The molecule has 0 spiro atoms. The molecule has 0 unspecified atom stereocenters. The minimum atomic E-state index is -4.51. The van der Waals surface area contributed by atoms with Gasteiger partial charge in [-0.25, -0.2) is 4.98 Å². The van der Waals surface area contributed by atoms with Gasteiger partial charge in [0.25, 0.3) is 5.56 Å². The summed E-state index contributed by atoms with van der Waals surface area (Å²) in [5.41, 5.74) is 1.31. The molecule has 0 atom stereocenters. The Labute approximate surface area is 175 Å². The first-order valence-electron chi connectivity index (χ1n) is 9.15. The molecule has 1 aliphatic heterocycles. The second kappa shape index (κ2) is 7.95. The molecule has 154 valence electrons. The van der Waals surface area contributed by atoms with Gasteiger partial charge in [-0.2, -0.15) is 23.0 Å². The number of aromatic nitrogens is 3. The molecule has 3 heterocycles. The number of hydrogen-bond donors (Lipinski definition) is 0. The summed E-state index contributed by atoms with van der Waals surface area (Å²) in [6, 6.07) is 12.0. The van der Waals surface area contributed by atoms with Gasteiger partial charge >= 0.3 is 6.18 Å². The Balaban J connectivity index is 1.58. The Morgan fingerprint density at radius 2 is 1.80 bits per heavy atom. The van der Waals surface area contributed by atoms with Crippen molar-refractivity contribution in [2.24, 2.45) is 0 Å². The quantitative estimate of drug-likeness (QED) is 0.607. The van der Waals surface area contributed by atoms with Crippen LogP contribution in [0.4, 0.5) is 18.9 Å². The van der Waals surface area contributed by atoms with Gasteiger partial charge in [0, 0.05) is 19.3 Å². The minimum Gasteiger partial charge on any atom is -0.365 e. The summed E-state index contributed by atoms with van der Waals surface area (Å²) in [6.07, 6.45) is 0.448. The lowest BCUT2D eigenvalue weighted by atomic mass is 9.99. The van der Waals surface area contributed by atoms with E-state index in [4.69, 9.17) is 11.6 Å². The van der Waals surface area contributed by atoms with Crippen molar-refractivity contribution in [2.45, 2.75) is 12.6 Å². The summed E-state index contributed by atoms with van der Waals surface area (Å²) < 4.78 is 39.0. The smallest absolute Gasteiger partial charge is 0.365 e. The molecule has 5 nitrogen and oxygen atoms in total. The van der Waals surface area contributed by atoms with Crippen LogP contribution < -0.4 is 10.5 Å². The highest BCUT2D eigenvalue weighted by Crippen LogP contribution is 2.30. The number of anilines is 1. The molecule has 0 saturated carbocycles. The second-order valence-electron chi connectivity index (χ2n) is 6.75. The second-order valence-corrected chi connectivity index (χ2v) is 7.13. The first kappa shape index (κ1) is 20.2. The average Bonchev–Trinajstić information content (AvgIpc) is 2.76. The molecule has 0 radical (unpaired) electrons. The fourth-order valence-electron chi connectivity index (χ4n) is 3.29. The summed E-state index contributed by atoms with van der Waals surface area (Å²) in [7, 11) is 0. The van der Waals surface area contributed by atoms with E-state index in [0.717, 1.165) is 28.8 Å². The van der Waals surface area contributed by atoms with E-state index in [9.17, 15) is 18.0 Å². The van der Waals surface area contributed by atoms with Crippen LogP contribution in [0.2, 0.25) is 5.02 Å². The molecule has 30 heavy (non-hydrogen) atoms. The van der Waals surface area contributed by atoms with Crippen molar-refractivity contribution >= 4 is 22.9 Å². The monoisotopic (exact) mass is 432 g/mol. The molecule has 1 aliphatic rings. The topological polar surface area (TPSA) is 51.0 Å². The largest absolute Gasteiger partial charge is 0.417 e. The van der Waals surface area contributed by atoms with Gasteiger partial charge in [0.2, 0.25) is 0 Å². The molecule has 0 saturated heterocycles. The summed E-state index contributed by atoms with van der Waals surface area (Å²) in [5, 5.41) is 4.01. The number of alkyl halides is 3. The van der Waals surface area contributed by atoms with Crippen LogP contribution in [0.5, 0.6) is 0 Å². The Morgan fingerprint density at radius 1 is 1.03 bits per heavy atom. The van der Waals surface area contributed by atoms with Crippen molar-refractivity contribution in [3.8, 4) is 5.82 Å². The van der Waals surface area contributed by atoms with E-state index >= 15 is 0 Å². The van der Waals surface area contributed by atoms with Gasteiger partial charge in [-0.1, -0.05) is 48.0 Å². The van der Waals surface area contributed by atoms with Gasteiger partial charge in [0.15, 0.2) is 5.82 Å². The number of halogens is 4. The summed E-state index contributed by atoms with van der Waals surface area (Å²) in [5.74, 6) is -0.0358. The number of rotatable bonds is 3. The van der Waals surface area contributed by atoms with Crippen LogP contribution in [-0.4, -0.2) is 27.9 Å². The van der Waals surface area contributed by atoms with Gasteiger partial charge in [0.05, 0.1) is 17.4 Å². The Morgan fingerprint density at radius 3 is 2.40 bits per heavy atom. The zero-order valence-corrected chi connectivity index (χ0v) is 16.4. The van der Waals surface area contributed by atoms with Crippen molar-refractivity contribution in [3.05, 3.63) is 87.4 Å². The van der Waals surface area contributed by atoms with Crippen LogP contribution in [0, 0.1) is 0 Å². The van der Waals surface area contributed by atoms with Crippen LogP contribution in [-0.2, 0) is 6.18 Å². The van der Waals surface area contributed by atoms with Gasteiger partial charge in [-0.15, -0.1) is 0 Å². The molecule has 4 rings (SSSR count). The van der Waals surface area contributed by atoms with Gasteiger partial charge in [0.1, 0.15) is 5.02 Å². The average molecular weight is 433 g/mol. The van der Waals surface area contributed by atoms with Crippen LogP contribution in [0.3, 0.4) is 0 Å². The molecule has 0 fully saturated rings. The number of hydrogen-bond acceptors (Lipinski definition) is 4. The third kappa shape index (κ3) is 3.95. The zero-order chi connectivity index (χ0) is 21.3. The molecule has 0 bridgehead atoms. The van der Waals surface area contributed by atoms with E-state index in [0.29, 0.717) is 25.0 Å². The summed E-state index contributed by atoms with van der Waals surface area (Å²) in [6.45, 7) is 1.22. The van der Waals surface area contributed by atoms with Crippen molar-refractivity contribution in [3.63, 3.8) is 0 Å². The summed E-state index contributed by atoms with van der Waals surface area (Å²) >= 11 is 6.30. The van der Waals surface area contributed by atoms with E-state index in [1.807, 2.05) is 35.2 Å². The molecule has 0 aliphatic carbocycles. The highest BCUT2D eigenvalue weighted by Gasteiger charge is 2.31. The van der Waals surface area contributed by atoms with Crippen LogP contribution in [0.15, 0.2) is 65.7 Å². The Bertz CT molecular complexity index is 1140. The van der Waals surface area contributed by atoms with Crippen LogP contribution in [0.1, 0.15) is 17.5 Å². The first-order chi connectivity index (χ1) is 14.3. The minimum absolute atomic E-state index is 0.0358. The fourth-order valence-corrected chi connectivity index (χ4v) is 3.54. The molecule has 0 amide bonds. The van der Waals surface area contributed by atoms with Crippen molar-refractivity contribution in [1.82, 2.24) is 14.8 Å². The lowest BCUT2D eigenvalue weighted by Gasteiger charge is -2.29. The molecule has 9 heteroatoms. The number of nitrogens with zero attached hydrogens (tertiary/aromatic N) is 4. The van der Waals surface area contributed by atoms with E-state index in [-0.39, 0.29) is 10.8 Å². The van der Waals surface area contributed by atoms with Gasteiger partial charge in [-0.3, -0.25) is 4.79 Å². The maximum atomic E-state index is 12.7. The number of benzene rings is 1. The van der Waals surface area contributed by atoms with Crippen LogP contribution >= 0.6 is 11.6 Å². The SMILES string of the molecule is O=c1c(Cl)c(N2CC=C(c3ccccc3)CC2)cnn1-c1ccc(C(F)(F)F)cn1. The van der Waals surface area contributed by atoms with Crippen molar-refractivity contribution < 1.29 is 13.2 Å². The molecule has 2 aromatic heterocycles. The molecule has 3 aromatic rings. The first-order valence-corrected chi connectivity index (χ1v) is 9.53. The Kier molecular flexibility index (Phi) is 5.34. The highest BCUT2D eigenvalue weighted by atomic mass is 35.5. The predicted molar refractivity (Wildman–Crippen MR) is 109 cm³/mol. The number of pyridine rings is 1. The van der Waals surface area contributed by atoms with E-state index in [1.165, 1.54) is 11.8 Å². The van der Waals surface area contributed by atoms with Gasteiger partial charge < -0.3 is 4.90 Å². The van der Waals surface area contributed by atoms with Gasteiger partial charge in [-0.05, 0) is 29.7 Å². The van der Waals surface area contributed by atoms with E-state index < -0.39 is 17.3 Å². The highest BCUT2D eigenvalue weighted by molar-refractivity contribution is 6.33. The van der Waals surface area contributed by atoms with E-state index in [1.54, 1.807) is 0 Å². The molecule has 1 aromatic carbocycles. The van der Waals surface area contributed by atoms with E-state index in [2.05, 4.69) is 16.2 Å². The standard InChI is InChI=1S/C21H16ClF3N4O/c22-19-17(28-10-8-15(9-11-28)14-4-2-1-3-5-14)13-27-29(20(19)30)18-7-6-16(12-26-18)21(23,24)25/h1-8,12-13H,9-11H2. The zero-order valence-electron chi connectivity index (χ0n) is 15.6. The predicted octanol–water partition coefficient (Wildman–Crippen LogP) is 4.59. The third-order valence-corrected chi connectivity index (χ3v) is 5.24. The lowest BCUT2D eigenvalue weighted by molar-refractivity contribution is -0.137. The molecular weight excluding hydrogens is 417 g/mol. The lowest BCUT2D eigenvalue weighted by Crippen LogP contribution is -2.32. The maximum Gasteiger partial charge on any atom is 0.417 e. The Hall–Kier alpha value is -3.13. The van der Waals surface area contributed by atoms with Crippen molar-refractivity contribution in [1.29, 1.82) is 0 Å². The molecule has 0 N–H and O–H groups in total. The summed E-state index contributed by atoms with van der Waals surface area (Å²) in [4.78, 5) is 18.3. The maximum absolute atomic E-state index is 12.7. The van der Waals surface area contributed by atoms with Crippen LogP contribution in [0.25, 0.3) is 11.4 Å². The molecular formula is C21H16ClF3N4O. The fraction of sp³-hybridized carbons (Fsp3) is 0.190. The third-order valence-electron chi connectivity index (χ3n) is 4.89.